The number of carbonyl (C=O) groups excluding carboxylic acids is 2. The standard InChI is InChI=1S/C22H30N4O3/c1-16-15-19(24-26(16)18-9-6-5-7-10-18)20(27)23-13-8-14-25(17-11-12-17)21(28)29-22(2,3)4/h5-7,9-10,15,17H,8,11-14H2,1-4H3,(H,23,27). The lowest BCUT2D eigenvalue weighted by Crippen LogP contribution is -2.39. The van der Waals surface area contributed by atoms with E-state index in [1.165, 1.54) is 0 Å². The zero-order valence-electron chi connectivity index (χ0n) is 17.6. The maximum absolute atomic E-state index is 12.5. The lowest BCUT2D eigenvalue weighted by atomic mass is 10.2. The fourth-order valence-corrected chi connectivity index (χ4v) is 3.09. The highest BCUT2D eigenvalue weighted by atomic mass is 16.6. The van der Waals surface area contributed by atoms with Crippen LogP contribution in [0.4, 0.5) is 4.79 Å². The van der Waals surface area contributed by atoms with E-state index in [2.05, 4.69) is 10.4 Å². The van der Waals surface area contributed by atoms with Gasteiger partial charge in [0.15, 0.2) is 5.69 Å². The first-order valence-electron chi connectivity index (χ1n) is 10.1. The van der Waals surface area contributed by atoms with Crippen LogP contribution < -0.4 is 5.32 Å². The Kier molecular flexibility index (Phi) is 6.25. The van der Waals surface area contributed by atoms with Crippen molar-refractivity contribution in [3.05, 3.63) is 47.8 Å². The molecule has 2 amide bonds. The molecule has 1 aromatic carbocycles. The normalized spacial score (nSPS) is 13.8. The second-order valence-corrected chi connectivity index (χ2v) is 8.43. The van der Waals surface area contributed by atoms with Crippen LogP contribution in [0.1, 0.15) is 56.2 Å². The van der Waals surface area contributed by atoms with Gasteiger partial charge >= 0.3 is 6.09 Å². The summed E-state index contributed by atoms with van der Waals surface area (Å²) in [6, 6.07) is 11.8. The van der Waals surface area contributed by atoms with Gasteiger partial charge in [-0.25, -0.2) is 9.48 Å². The molecule has 1 N–H and O–H groups in total. The number of ether oxygens (including phenoxy) is 1. The summed E-state index contributed by atoms with van der Waals surface area (Å²) in [5.74, 6) is -0.210. The third-order valence-electron chi connectivity index (χ3n) is 4.60. The average Bonchev–Trinajstić information content (AvgIpc) is 3.41. The predicted octanol–water partition coefficient (Wildman–Crippen LogP) is 3.70. The quantitative estimate of drug-likeness (QED) is 0.722. The van der Waals surface area contributed by atoms with Crippen LogP contribution in [0.3, 0.4) is 0 Å². The molecule has 0 saturated heterocycles. The van der Waals surface area contributed by atoms with E-state index in [1.807, 2.05) is 58.0 Å². The monoisotopic (exact) mass is 398 g/mol. The summed E-state index contributed by atoms with van der Waals surface area (Å²) in [6.45, 7) is 8.57. The molecule has 2 aromatic rings. The van der Waals surface area contributed by atoms with Gasteiger partial charge in [0.05, 0.1) is 5.69 Å². The minimum atomic E-state index is -0.506. The van der Waals surface area contributed by atoms with E-state index < -0.39 is 5.60 Å². The minimum Gasteiger partial charge on any atom is -0.444 e. The molecule has 7 nitrogen and oxygen atoms in total. The third kappa shape index (κ3) is 5.82. The van der Waals surface area contributed by atoms with Crippen LogP contribution in [0.2, 0.25) is 0 Å². The Morgan fingerprint density at radius 1 is 1.24 bits per heavy atom. The molecule has 7 heteroatoms. The van der Waals surface area contributed by atoms with Crippen LogP contribution in [-0.2, 0) is 4.74 Å². The number of hydrogen-bond acceptors (Lipinski definition) is 4. The van der Waals surface area contributed by atoms with Gasteiger partial charge in [0.2, 0.25) is 0 Å². The smallest absolute Gasteiger partial charge is 0.410 e. The SMILES string of the molecule is Cc1cc(C(=O)NCCCN(C(=O)OC(C)(C)C)C2CC2)nn1-c1ccccc1. The van der Waals surface area contributed by atoms with Gasteiger partial charge in [-0.05, 0) is 65.2 Å². The fraction of sp³-hybridized carbons (Fsp3) is 0.500. The average molecular weight is 399 g/mol. The molecule has 3 rings (SSSR count). The molecule has 0 bridgehead atoms. The number of aromatic nitrogens is 2. The van der Waals surface area contributed by atoms with Crippen molar-refractivity contribution in [3.8, 4) is 5.69 Å². The van der Waals surface area contributed by atoms with Crippen molar-refractivity contribution in [2.24, 2.45) is 0 Å². The topological polar surface area (TPSA) is 76.5 Å². The summed E-state index contributed by atoms with van der Waals surface area (Å²) in [7, 11) is 0. The van der Waals surface area contributed by atoms with E-state index in [9.17, 15) is 9.59 Å². The van der Waals surface area contributed by atoms with Gasteiger partial charge < -0.3 is 15.0 Å². The van der Waals surface area contributed by atoms with Crippen LogP contribution in [0.15, 0.2) is 36.4 Å². The molecule has 1 aromatic heterocycles. The van der Waals surface area contributed by atoms with E-state index in [1.54, 1.807) is 15.6 Å². The van der Waals surface area contributed by atoms with Gasteiger partial charge in [-0.2, -0.15) is 5.10 Å². The largest absolute Gasteiger partial charge is 0.444 e. The van der Waals surface area contributed by atoms with Crippen molar-refractivity contribution in [3.63, 3.8) is 0 Å². The number of rotatable bonds is 7. The number of nitrogens with one attached hydrogen (secondary N) is 1. The highest BCUT2D eigenvalue weighted by molar-refractivity contribution is 5.92. The summed E-state index contributed by atoms with van der Waals surface area (Å²) < 4.78 is 7.25. The number of benzene rings is 1. The Hall–Kier alpha value is -2.83. The van der Waals surface area contributed by atoms with Crippen molar-refractivity contribution in [1.29, 1.82) is 0 Å². The number of amides is 2. The summed E-state index contributed by atoms with van der Waals surface area (Å²) in [6.07, 6.45) is 2.42. The third-order valence-corrected chi connectivity index (χ3v) is 4.60. The summed E-state index contributed by atoms with van der Waals surface area (Å²) in [4.78, 5) is 26.6. The van der Waals surface area contributed by atoms with Crippen molar-refractivity contribution >= 4 is 12.0 Å². The van der Waals surface area contributed by atoms with Gasteiger partial charge in [0.25, 0.3) is 5.91 Å². The molecule has 156 valence electrons. The zero-order chi connectivity index (χ0) is 21.0. The van der Waals surface area contributed by atoms with Crippen molar-refractivity contribution < 1.29 is 14.3 Å². The summed E-state index contributed by atoms with van der Waals surface area (Å²) in [5, 5.41) is 7.32. The highest BCUT2D eigenvalue weighted by Crippen LogP contribution is 2.28. The van der Waals surface area contributed by atoms with Gasteiger partial charge in [0, 0.05) is 24.8 Å². The predicted molar refractivity (Wildman–Crippen MR) is 111 cm³/mol. The molecular weight excluding hydrogens is 368 g/mol. The first-order valence-corrected chi connectivity index (χ1v) is 10.1. The van der Waals surface area contributed by atoms with E-state index in [4.69, 9.17) is 4.74 Å². The molecule has 0 radical (unpaired) electrons. The Morgan fingerprint density at radius 3 is 2.55 bits per heavy atom. The molecular formula is C22H30N4O3. The van der Waals surface area contributed by atoms with E-state index in [0.29, 0.717) is 25.2 Å². The van der Waals surface area contributed by atoms with Crippen molar-refractivity contribution in [1.82, 2.24) is 20.0 Å². The molecule has 0 spiro atoms. The molecule has 0 atom stereocenters. The molecule has 1 fully saturated rings. The Bertz CT molecular complexity index is 851. The van der Waals surface area contributed by atoms with Gasteiger partial charge in [0.1, 0.15) is 5.60 Å². The van der Waals surface area contributed by atoms with Gasteiger partial charge in [-0.1, -0.05) is 18.2 Å². The maximum atomic E-state index is 12.5. The minimum absolute atomic E-state index is 0.210. The van der Waals surface area contributed by atoms with Crippen molar-refractivity contribution in [2.75, 3.05) is 13.1 Å². The molecule has 1 aliphatic carbocycles. The highest BCUT2D eigenvalue weighted by Gasteiger charge is 2.34. The maximum Gasteiger partial charge on any atom is 0.410 e. The van der Waals surface area contributed by atoms with E-state index in [0.717, 1.165) is 24.2 Å². The molecule has 1 heterocycles. The summed E-state index contributed by atoms with van der Waals surface area (Å²) >= 11 is 0. The van der Waals surface area contributed by atoms with Gasteiger partial charge in [-0.15, -0.1) is 0 Å². The number of para-hydroxylation sites is 1. The first-order chi connectivity index (χ1) is 13.7. The summed E-state index contributed by atoms with van der Waals surface area (Å²) in [5.41, 5.74) is 1.69. The molecule has 0 unspecified atom stereocenters. The number of nitrogens with zero attached hydrogens (tertiary/aromatic N) is 3. The molecule has 29 heavy (non-hydrogen) atoms. The fourth-order valence-electron chi connectivity index (χ4n) is 3.09. The molecule has 1 saturated carbocycles. The van der Waals surface area contributed by atoms with Crippen LogP contribution >= 0.6 is 0 Å². The number of hydrogen-bond donors (Lipinski definition) is 1. The van der Waals surface area contributed by atoms with Crippen LogP contribution in [0.25, 0.3) is 5.69 Å². The van der Waals surface area contributed by atoms with Crippen molar-refractivity contribution in [2.45, 2.75) is 58.6 Å². The van der Waals surface area contributed by atoms with E-state index >= 15 is 0 Å². The van der Waals surface area contributed by atoms with Gasteiger partial charge in [-0.3, -0.25) is 4.79 Å². The van der Waals surface area contributed by atoms with Crippen LogP contribution in [0, 0.1) is 6.92 Å². The number of aryl methyl sites for hydroxylation is 1. The lowest BCUT2D eigenvalue weighted by molar-refractivity contribution is 0.0232. The van der Waals surface area contributed by atoms with E-state index in [-0.39, 0.29) is 18.0 Å². The Morgan fingerprint density at radius 2 is 1.93 bits per heavy atom. The molecule has 0 aliphatic heterocycles. The van der Waals surface area contributed by atoms with Crippen LogP contribution in [-0.4, -0.2) is 51.4 Å². The Labute approximate surface area is 172 Å². The Balaban J connectivity index is 1.50. The van der Waals surface area contributed by atoms with Crippen LogP contribution in [0.5, 0.6) is 0 Å². The number of carbonyl (C=O) groups is 2. The lowest BCUT2D eigenvalue weighted by Gasteiger charge is -2.27. The molecule has 1 aliphatic rings. The first kappa shape index (κ1) is 20.9. The second-order valence-electron chi connectivity index (χ2n) is 8.43. The zero-order valence-corrected chi connectivity index (χ0v) is 17.6. The second kappa shape index (κ2) is 8.68.